The van der Waals surface area contributed by atoms with Crippen molar-refractivity contribution in [2.24, 2.45) is 11.7 Å². The maximum atomic E-state index is 11.7. The van der Waals surface area contributed by atoms with Gasteiger partial charge in [-0.1, -0.05) is 0 Å². The minimum atomic E-state index is -0.732. The fraction of sp³-hybridized carbons (Fsp3) is 0.889. The maximum absolute atomic E-state index is 11.7. The zero-order chi connectivity index (χ0) is 10.1. The monoisotopic (exact) mass is 186 g/mol. The van der Waals surface area contributed by atoms with Crippen LogP contribution in [0.15, 0.2) is 0 Å². The van der Waals surface area contributed by atoms with Crippen LogP contribution in [0.2, 0.25) is 0 Å². The van der Waals surface area contributed by atoms with E-state index in [2.05, 4.69) is 0 Å². The quantitative estimate of drug-likeness (QED) is 0.625. The summed E-state index contributed by atoms with van der Waals surface area (Å²) in [5, 5.41) is 8.67. The smallest absolute Gasteiger partial charge is 0.242 e. The first-order chi connectivity index (χ1) is 6.00. The van der Waals surface area contributed by atoms with Crippen LogP contribution in [0.3, 0.4) is 0 Å². The van der Waals surface area contributed by atoms with E-state index >= 15 is 0 Å². The Labute approximate surface area is 78.7 Å². The van der Waals surface area contributed by atoms with Gasteiger partial charge in [-0.25, -0.2) is 0 Å². The van der Waals surface area contributed by atoms with Crippen LogP contribution in [-0.2, 0) is 4.79 Å². The number of likely N-dealkylation sites (N-methyl/N-ethyl adjacent to an activating group) is 1. The number of aliphatic hydroxyl groups is 1. The molecule has 4 nitrogen and oxygen atoms in total. The van der Waals surface area contributed by atoms with E-state index in [1.54, 1.807) is 14.0 Å². The van der Waals surface area contributed by atoms with E-state index in [1.807, 2.05) is 0 Å². The van der Waals surface area contributed by atoms with Crippen molar-refractivity contribution < 1.29 is 9.90 Å². The number of hydrogen-bond donors (Lipinski definition) is 2. The van der Waals surface area contributed by atoms with E-state index in [0.29, 0.717) is 12.5 Å². The first-order valence-corrected chi connectivity index (χ1v) is 4.65. The molecule has 1 amide bonds. The molecule has 1 aliphatic rings. The molecule has 1 fully saturated rings. The fourth-order valence-corrected chi connectivity index (χ4v) is 1.52. The molecule has 1 atom stereocenters. The van der Waals surface area contributed by atoms with Gasteiger partial charge in [0.1, 0.15) is 0 Å². The molecule has 1 rings (SSSR count). The Hall–Kier alpha value is -0.610. The van der Waals surface area contributed by atoms with Gasteiger partial charge in [-0.05, 0) is 25.7 Å². The van der Waals surface area contributed by atoms with Gasteiger partial charge in [-0.15, -0.1) is 0 Å². The summed E-state index contributed by atoms with van der Waals surface area (Å²) in [6, 6.07) is 0. The van der Waals surface area contributed by atoms with Gasteiger partial charge in [0.25, 0.3) is 0 Å². The summed E-state index contributed by atoms with van der Waals surface area (Å²) in [5.74, 6) is 0.269. The molecule has 13 heavy (non-hydrogen) atoms. The Kier molecular flexibility index (Phi) is 2.93. The Morgan fingerprint density at radius 2 is 2.23 bits per heavy atom. The van der Waals surface area contributed by atoms with Crippen molar-refractivity contribution in [3.05, 3.63) is 0 Å². The Bertz CT molecular complexity index is 200. The van der Waals surface area contributed by atoms with Gasteiger partial charge in [0.15, 0.2) is 0 Å². The third-order valence-corrected chi connectivity index (χ3v) is 2.67. The highest BCUT2D eigenvalue weighted by atomic mass is 16.3. The SMILES string of the molecule is CN(CCO)C(=O)C(C)(N)C1CC1. The Morgan fingerprint density at radius 3 is 2.62 bits per heavy atom. The number of carbonyl (C=O) groups is 1. The van der Waals surface area contributed by atoms with Gasteiger partial charge >= 0.3 is 0 Å². The molecule has 76 valence electrons. The van der Waals surface area contributed by atoms with Gasteiger partial charge in [0, 0.05) is 13.6 Å². The van der Waals surface area contributed by atoms with Crippen molar-refractivity contribution in [2.45, 2.75) is 25.3 Å². The van der Waals surface area contributed by atoms with Gasteiger partial charge in [-0.3, -0.25) is 4.79 Å². The van der Waals surface area contributed by atoms with Gasteiger partial charge < -0.3 is 15.7 Å². The van der Waals surface area contributed by atoms with E-state index in [-0.39, 0.29) is 12.5 Å². The normalized spacial score (nSPS) is 20.9. The number of nitrogens with zero attached hydrogens (tertiary/aromatic N) is 1. The predicted molar refractivity (Wildman–Crippen MR) is 50.0 cm³/mol. The molecule has 0 radical (unpaired) electrons. The highest BCUT2D eigenvalue weighted by molar-refractivity contribution is 5.86. The van der Waals surface area contributed by atoms with Gasteiger partial charge in [-0.2, -0.15) is 0 Å². The predicted octanol–water partition coefficient (Wildman–Crippen LogP) is -0.435. The second kappa shape index (κ2) is 3.64. The zero-order valence-corrected chi connectivity index (χ0v) is 8.29. The highest BCUT2D eigenvalue weighted by Gasteiger charge is 2.45. The number of carbonyl (C=O) groups excluding carboxylic acids is 1. The zero-order valence-electron chi connectivity index (χ0n) is 8.29. The molecular formula is C9H18N2O2. The first kappa shape index (κ1) is 10.5. The molecule has 0 heterocycles. The third-order valence-electron chi connectivity index (χ3n) is 2.67. The summed E-state index contributed by atoms with van der Waals surface area (Å²) >= 11 is 0. The summed E-state index contributed by atoms with van der Waals surface area (Å²) < 4.78 is 0. The lowest BCUT2D eigenvalue weighted by atomic mass is 9.95. The van der Waals surface area contributed by atoms with Crippen LogP contribution in [-0.4, -0.2) is 41.7 Å². The number of nitrogens with two attached hydrogens (primary N) is 1. The lowest BCUT2D eigenvalue weighted by molar-refractivity contribution is -0.136. The van der Waals surface area contributed by atoms with Gasteiger partial charge in [0.2, 0.25) is 5.91 Å². The second-order valence-corrected chi connectivity index (χ2v) is 4.01. The average molecular weight is 186 g/mol. The molecule has 0 aliphatic heterocycles. The molecule has 0 spiro atoms. The summed E-state index contributed by atoms with van der Waals surface area (Å²) in [5.41, 5.74) is 5.19. The number of hydrogen-bond acceptors (Lipinski definition) is 3. The van der Waals surface area contributed by atoms with Crippen LogP contribution >= 0.6 is 0 Å². The van der Waals surface area contributed by atoms with E-state index in [4.69, 9.17) is 10.8 Å². The summed E-state index contributed by atoms with van der Waals surface area (Å²) in [6.07, 6.45) is 2.09. The molecule has 1 saturated carbocycles. The largest absolute Gasteiger partial charge is 0.395 e. The topological polar surface area (TPSA) is 66.6 Å². The van der Waals surface area contributed by atoms with E-state index in [0.717, 1.165) is 12.8 Å². The highest BCUT2D eigenvalue weighted by Crippen LogP contribution is 2.38. The Balaban J connectivity index is 2.54. The molecular weight excluding hydrogens is 168 g/mol. The fourth-order valence-electron chi connectivity index (χ4n) is 1.52. The van der Waals surface area contributed by atoms with Gasteiger partial charge in [0.05, 0.1) is 12.1 Å². The van der Waals surface area contributed by atoms with E-state index in [1.165, 1.54) is 4.90 Å². The van der Waals surface area contributed by atoms with E-state index in [9.17, 15) is 4.79 Å². The maximum Gasteiger partial charge on any atom is 0.242 e. The number of rotatable bonds is 4. The molecule has 0 aromatic heterocycles. The molecule has 0 aromatic rings. The summed E-state index contributed by atoms with van der Waals surface area (Å²) in [6.45, 7) is 2.13. The summed E-state index contributed by atoms with van der Waals surface area (Å²) in [7, 11) is 1.67. The first-order valence-electron chi connectivity index (χ1n) is 4.65. The minimum Gasteiger partial charge on any atom is -0.395 e. The van der Waals surface area contributed by atoms with Crippen LogP contribution < -0.4 is 5.73 Å². The van der Waals surface area contributed by atoms with Crippen LogP contribution in [0.1, 0.15) is 19.8 Å². The molecule has 0 aromatic carbocycles. The van der Waals surface area contributed by atoms with Crippen LogP contribution in [0.4, 0.5) is 0 Å². The van der Waals surface area contributed by atoms with Crippen molar-refractivity contribution in [2.75, 3.05) is 20.2 Å². The van der Waals surface area contributed by atoms with Crippen LogP contribution in [0, 0.1) is 5.92 Å². The van der Waals surface area contributed by atoms with Crippen molar-refractivity contribution in [3.63, 3.8) is 0 Å². The molecule has 4 heteroatoms. The van der Waals surface area contributed by atoms with E-state index < -0.39 is 5.54 Å². The Morgan fingerprint density at radius 1 is 1.69 bits per heavy atom. The standard InChI is InChI=1S/C9H18N2O2/c1-9(10,7-3-4-7)8(13)11(2)5-6-12/h7,12H,3-6,10H2,1-2H3. The van der Waals surface area contributed by atoms with Crippen LogP contribution in [0.25, 0.3) is 0 Å². The lowest BCUT2D eigenvalue weighted by Crippen LogP contribution is -2.54. The molecule has 1 unspecified atom stereocenters. The number of aliphatic hydroxyl groups excluding tert-OH is 1. The van der Waals surface area contributed by atoms with Crippen molar-refractivity contribution in [3.8, 4) is 0 Å². The molecule has 3 N–H and O–H groups in total. The van der Waals surface area contributed by atoms with Crippen molar-refractivity contribution in [1.82, 2.24) is 4.90 Å². The van der Waals surface area contributed by atoms with Crippen LogP contribution in [0.5, 0.6) is 0 Å². The molecule has 0 saturated heterocycles. The third kappa shape index (κ3) is 2.19. The lowest BCUT2D eigenvalue weighted by Gasteiger charge is -2.28. The van der Waals surface area contributed by atoms with Crippen molar-refractivity contribution in [1.29, 1.82) is 0 Å². The average Bonchev–Trinajstić information content (AvgIpc) is 2.85. The second-order valence-electron chi connectivity index (χ2n) is 4.01. The summed E-state index contributed by atoms with van der Waals surface area (Å²) in [4.78, 5) is 13.2. The molecule has 0 bridgehead atoms. The number of amides is 1. The minimum absolute atomic E-state index is 0.0109. The molecule has 1 aliphatic carbocycles. The van der Waals surface area contributed by atoms with Crippen molar-refractivity contribution >= 4 is 5.91 Å².